The van der Waals surface area contributed by atoms with Crippen molar-refractivity contribution in [3.8, 4) is 16.9 Å². The van der Waals surface area contributed by atoms with Gasteiger partial charge in [-0.2, -0.15) is 0 Å². The standard InChI is InChI=1S/C20H19NO/c1-22-17-12-10-15(11-13-17)14-16-6-2-3-7-18(16)19-8-4-5-9-20(19)21/h2-13H,14,21H2,1H3. The average Bonchev–Trinajstić information content (AvgIpc) is 2.57. The molecule has 2 nitrogen and oxygen atoms in total. The number of benzene rings is 3. The highest BCUT2D eigenvalue weighted by Crippen LogP contribution is 2.30. The number of hydrogen-bond acceptors (Lipinski definition) is 2. The zero-order chi connectivity index (χ0) is 15.4. The van der Waals surface area contributed by atoms with E-state index in [-0.39, 0.29) is 0 Å². The van der Waals surface area contributed by atoms with Gasteiger partial charge < -0.3 is 10.5 Å². The molecule has 0 fully saturated rings. The molecule has 0 aromatic heterocycles. The van der Waals surface area contributed by atoms with E-state index >= 15 is 0 Å². The molecule has 0 radical (unpaired) electrons. The zero-order valence-electron chi connectivity index (χ0n) is 12.6. The SMILES string of the molecule is COc1ccc(Cc2ccccc2-c2ccccc2N)cc1. The Morgan fingerprint density at radius 2 is 1.41 bits per heavy atom. The lowest BCUT2D eigenvalue weighted by Gasteiger charge is -2.12. The molecule has 0 atom stereocenters. The largest absolute Gasteiger partial charge is 0.497 e. The fraction of sp³-hybridized carbons (Fsp3) is 0.100. The first-order valence-electron chi connectivity index (χ1n) is 7.33. The van der Waals surface area contributed by atoms with Gasteiger partial charge in [-0.05, 0) is 41.3 Å². The van der Waals surface area contributed by atoms with Crippen molar-refractivity contribution in [1.82, 2.24) is 0 Å². The fourth-order valence-corrected chi connectivity index (χ4v) is 2.64. The third-order valence-corrected chi connectivity index (χ3v) is 3.82. The molecule has 3 aromatic carbocycles. The maximum Gasteiger partial charge on any atom is 0.118 e. The van der Waals surface area contributed by atoms with Crippen LogP contribution in [0.5, 0.6) is 5.75 Å². The van der Waals surface area contributed by atoms with Crippen LogP contribution in [0.1, 0.15) is 11.1 Å². The normalized spacial score (nSPS) is 10.4. The van der Waals surface area contributed by atoms with Gasteiger partial charge in [-0.15, -0.1) is 0 Å². The molecule has 0 saturated carbocycles. The molecule has 110 valence electrons. The second-order valence-corrected chi connectivity index (χ2v) is 5.27. The molecule has 0 amide bonds. The minimum Gasteiger partial charge on any atom is -0.497 e. The van der Waals surface area contributed by atoms with Gasteiger partial charge in [0.25, 0.3) is 0 Å². The number of nitrogens with two attached hydrogens (primary N) is 1. The molecular weight excluding hydrogens is 270 g/mol. The van der Waals surface area contributed by atoms with Crippen LogP contribution >= 0.6 is 0 Å². The van der Waals surface area contributed by atoms with Crippen LogP contribution in [0.4, 0.5) is 5.69 Å². The molecule has 2 N–H and O–H groups in total. The van der Waals surface area contributed by atoms with E-state index in [0.717, 1.165) is 23.4 Å². The Morgan fingerprint density at radius 1 is 0.773 bits per heavy atom. The highest BCUT2D eigenvalue weighted by Gasteiger charge is 2.08. The molecule has 0 spiro atoms. The minimum absolute atomic E-state index is 0.810. The van der Waals surface area contributed by atoms with Crippen LogP contribution < -0.4 is 10.5 Å². The van der Waals surface area contributed by atoms with E-state index < -0.39 is 0 Å². The molecule has 0 aliphatic rings. The van der Waals surface area contributed by atoms with E-state index in [9.17, 15) is 0 Å². The lowest BCUT2D eigenvalue weighted by atomic mass is 9.94. The van der Waals surface area contributed by atoms with Crippen LogP contribution in [0.3, 0.4) is 0 Å². The predicted octanol–water partition coefficient (Wildman–Crippen LogP) is 4.54. The summed E-state index contributed by atoms with van der Waals surface area (Å²) in [5, 5.41) is 0. The van der Waals surface area contributed by atoms with Crippen molar-refractivity contribution in [1.29, 1.82) is 0 Å². The lowest BCUT2D eigenvalue weighted by molar-refractivity contribution is 0.414. The Labute approximate surface area is 131 Å². The van der Waals surface area contributed by atoms with E-state index in [4.69, 9.17) is 10.5 Å². The number of anilines is 1. The van der Waals surface area contributed by atoms with Gasteiger partial charge in [0.05, 0.1) is 7.11 Å². The Kier molecular flexibility index (Phi) is 4.10. The van der Waals surface area contributed by atoms with Crippen LogP contribution in [0.25, 0.3) is 11.1 Å². The first-order valence-corrected chi connectivity index (χ1v) is 7.33. The van der Waals surface area contributed by atoms with Crippen LogP contribution in [0.15, 0.2) is 72.8 Å². The summed E-state index contributed by atoms with van der Waals surface area (Å²) in [7, 11) is 1.68. The summed E-state index contributed by atoms with van der Waals surface area (Å²) < 4.78 is 5.21. The molecule has 0 unspecified atom stereocenters. The topological polar surface area (TPSA) is 35.2 Å². The molecule has 0 aliphatic heterocycles. The second-order valence-electron chi connectivity index (χ2n) is 5.27. The van der Waals surface area contributed by atoms with Gasteiger partial charge in [-0.25, -0.2) is 0 Å². The highest BCUT2D eigenvalue weighted by molar-refractivity contribution is 5.78. The first-order chi connectivity index (χ1) is 10.8. The summed E-state index contributed by atoms with van der Waals surface area (Å²) >= 11 is 0. The van der Waals surface area contributed by atoms with Gasteiger partial charge in [-0.1, -0.05) is 54.6 Å². The molecule has 0 bridgehead atoms. The monoisotopic (exact) mass is 289 g/mol. The first kappa shape index (κ1) is 14.2. The molecule has 0 heterocycles. The van der Waals surface area contributed by atoms with Crippen molar-refractivity contribution in [3.63, 3.8) is 0 Å². The zero-order valence-corrected chi connectivity index (χ0v) is 12.6. The van der Waals surface area contributed by atoms with Crippen molar-refractivity contribution in [2.75, 3.05) is 12.8 Å². The Hall–Kier alpha value is -2.74. The Bertz CT molecular complexity index is 763. The van der Waals surface area contributed by atoms with E-state index in [1.807, 2.05) is 30.3 Å². The molecule has 22 heavy (non-hydrogen) atoms. The van der Waals surface area contributed by atoms with Crippen LogP contribution in [0.2, 0.25) is 0 Å². The van der Waals surface area contributed by atoms with Gasteiger partial charge in [-0.3, -0.25) is 0 Å². The lowest BCUT2D eigenvalue weighted by Crippen LogP contribution is -1.95. The van der Waals surface area contributed by atoms with Crippen LogP contribution in [0, 0.1) is 0 Å². The molecular formula is C20H19NO. The fourth-order valence-electron chi connectivity index (χ4n) is 2.64. The van der Waals surface area contributed by atoms with Gasteiger partial charge >= 0.3 is 0 Å². The third-order valence-electron chi connectivity index (χ3n) is 3.82. The summed E-state index contributed by atoms with van der Waals surface area (Å²) in [6.07, 6.45) is 0.870. The number of ether oxygens (including phenoxy) is 1. The van der Waals surface area contributed by atoms with Crippen molar-refractivity contribution in [2.24, 2.45) is 0 Å². The average molecular weight is 289 g/mol. The van der Waals surface area contributed by atoms with E-state index in [2.05, 4.69) is 42.5 Å². The van der Waals surface area contributed by atoms with E-state index in [1.165, 1.54) is 16.7 Å². The summed E-state index contributed by atoms with van der Waals surface area (Å²) in [5.74, 6) is 0.879. The number of methoxy groups -OCH3 is 1. The van der Waals surface area contributed by atoms with Crippen molar-refractivity contribution in [3.05, 3.63) is 83.9 Å². The Balaban J connectivity index is 1.96. The number of hydrogen-bond donors (Lipinski definition) is 1. The summed E-state index contributed by atoms with van der Waals surface area (Å²) in [4.78, 5) is 0. The summed E-state index contributed by atoms with van der Waals surface area (Å²) in [5.41, 5.74) is 11.7. The van der Waals surface area contributed by atoms with Gasteiger partial charge in [0.1, 0.15) is 5.75 Å². The van der Waals surface area contributed by atoms with Gasteiger partial charge in [0.2, 0.25) is 0 Å². The maximum atomic E-state index is 6.14. The third kappa shape index (κ3) is 2.96. The quantitative estimate of drug-likeness (QED) is 0.716. The Morgan fingerprint density at radius 3 is 2.09 bits per heavy atom. The number of nitrogen functional groups attached to an aromatic ring is 1. The smallest absolute Gasteiger partial charge is 0.118 e. The van der Waals surface area contributed by atoms with E-state index in [1.54, 1.807) is 7.11 Å². The molecule has 2 heteroatoms. The summed E-state index contributed by atoms with van der Waals surface area (Å²) in [6.45, 7) is 0. The predicted molar refractivity (Wildman–Crippen MR) is 92.1 cm³/mol. The van der Waals surface area contributed by atoms with Gasteiger partial charge in [0, 0.05) is 11.3 Å². The van der Waals surface area contributed by atoms with Crippen molar-refractivity contribution in [2.45, 2.75) is 6.42 Å². The van der Waals surface area contributed by atoms with Crippen molar-refractivity contribution >= 4 is 5.69 Å². The minimum atomic E-state index is 0.810. The van der Waals surface area contributed by atoms with Crippen LogP contribution in [-0.2, 0) is 6.42 Å². The van der Waals surface area contributed by atoms with Crippen LogP contribution in [-0.4, -0.2) is 7.11 Å². The van der Waals surface area contributed by atoms with E-state index in [0.29, 0.717) is 0 Å². The number of para-hydroxylation sites is 1. The van der Waals surface area contributed by atoms with Crippen molar-refractivity contribution < 1.29 is 4.74 Å². The number of rotatable bonds is 4. The molecule has 0 saturated heterocycles. The highest BCUT2D eigenvalue weighted by atomic mass is 16.5. The molecule has 3 aromatic rings. The maximum absolute atomic E-state index is 6.14. The molecule has 3 rings (SSSR count). The van der Waals surface area contributed by atoms with Gasteiger partial charge in [0.15, 0.2) is 0 Å². The second kappa shape index (κ2) is 6.35. The summed E-state index contributed by atoms with van der Waals surface area (Å²) in [6, 6.07) is 24.6. The molecule has 0 aliphatic carbocycles.